The molecule has 0 saturated carbocycles. The van der Waals surface area contributed by atoms with E-state index in [1.807, 2.05) is 18.4 Å². The van der Waals surface area contributed by atoms with Crippen LogP contribution >= 0.6 is 27.3 Å². The van der Waals surface area contributed by atoms with Crippen LogP contribution in [-0.4, -0.2) is 25.7 Å². The third kappa shape index (κ3) is 5.81. The molecule has 1 aromatic heterocycles. The van der Waals surface area contributed by atoms with E-state index in [4.69, 9.17) is 10.6 Å². The Hall–Kier alpha value is -0.630. The Kier molecular flexibility index (Phi) is 7.99. The molecule has 0 unspecified atom stereocenters. The minimum atomic E-state index is 0.604. The Morgan fingerprint density at radius 3 is 3.06 bits per heavy atom. The first-order valence-corrected chi connectivity index (χ1v) is 7.49. The van der Waals surface area contributed by atoms with Crippen molar-refractivity contribution in [2.24, 2.45) is 10.8 Å². The largest absolute Gasteiger partial charge is 0.382 e. The maximum absolute atomic E-state index is 5.41. The lowest BCUT2D eigenvalue weighted by Gasteiger charge is -2.08. The van der Waals surface area contributed by atoms with Crippen LogP contribution in [-0.2, 0) is 11.3 Å². The molecule has 0 aliphatic heterocycles. The second kappa shape index (κ2) is 9.32. The van der Waals surface area contributed by atoms with Crippen LogP contribution in [0.5, 0.6) is 0 Å². The van der Waals surface area contributed by atoms with Gasteiger partial charge in [-0.25, -0.2) is 10.8 Å². The number of guanidine groups is 1. The molecule has 5 nitrogen and oxygen atoms in total. The quantitative estimate of drug-likeness (QED) is 0.234. The molecule has 7 heteroatoms. The van der Waals surface area contributed by atoms with Gasteiger partial charge in [0.05, 0.1) is 6.54 Å². The molecule has 4 N–H and O–H groups in total. The molecule has 0 aromatic carbocycles. The molecular weight excluding hydrogens is 316 g/mol. The molecule has 0 radical (unpaired) electrons. The number of ether oxygens (including phenoxy) is 1. The van der Waals surface area contributed by atoms with Gasteiger partial charge in [-0.2, -0.15) is 0 Å². The average molecular weight is 335 g/mol. The van der Waals surface area contributed by atoms with E-state index >= 15 is 0 Å². The van der Waals surface area contributed by atoms with Crippen LogP contribution in [0.4, 0.5) is 0 Å². The van der Waals surface area contributed by atoms with E-state index in [0.717, 1.165) is 30.7 Å². The number of halogens is 1. The molecule has 0 bridgehead atoms. The topological polar surface area (TPSA) is 71.7 Å². The molecule has 0 amide bonds. The minimum Gasteiger partial charge on any atom is -0.382 e. The van der Waals surface area contributed by atoms with E-state index in [2.05, 4.69) is 31.7 Å². The van der Waals surface area contributed by atoms with Crippen molar-refractivity contribution in [2.45, 2.75) is 19.9 Å². The number of nitrogens with one attached hydrogen (secondary N) is 2. The third-order valence-electron chi connectivity index (χ3n) is 2.17. The van der Waals surface area contributed by atoms with E-state index < -0.39 is 0 Å². The fourth-order valence-corrected chi connectivity index (χ4v) is 2.67. The van der Waals surface area contributed by atoms with Crippen LogP contribution < -0.4 is 16.6 Å². The van der Waals surface area contributed by atoms with Crippen LogP contribution in [0.25, 0.3) is 0 Å². The Bertz CT molecular complexity index is 370. The monoisotopic (exact) mass is 334 g/mol. The number of hydrogen-bond acceptors (Lipinski definition) is 4. The predicted molar refractivity (Wildman–Crippen MR) is 79.6 cm³/mol. The molecule has 0 aliphatic rings. The fourth-order valence-electron chi connectivity index (χ4n) is 1.27. The summed E-state index contributed by atoms with van der Waals surface area (Å²) in [6, 6.07) is 2.01. The van der Waals surface area contributed by atoms with Gasteiger partial charge >= 0.3 is 0 Å². The molecule has 102 valence electrons. The summed E-state index contributed by atoms with van der Waals surface area (Å²) in [5, 5.41) is 5.16. The summed E-state index contributed by atoms with van der Waals surface area (Å²) < 4.78 is 6.33. The standard InChI is InChI=1S/C11H19BrN4OS/c1-2-17-6-3-5-14-11(16-13)15-8-10-9(12)4-7-18-10/h4,7H,2-3,5-6,8,13H2,1H3,(H2,14,15,16). The number of aliphatic imine (C=N–C) groups is 1. The van der Waals surface area contributed by atoms with Crippen molar-refractivity contribution in [1.82, 2.24) is 10.7 Å². The van der Waals surface area contributed by atoms with Crippen LogP contribution in [0.1, 0.15) is 18.2 Å². The zero-order valence-electron chi connectivity index (χ0n) is 10.4. The lowest BCUT2D eigenvalue weighted by atomic mass is 10.4. The maximum atomic E-state index is 5.41. The summed E-state index contributed by atoms with van der Waals surface area (Å²) in [5.74, 6) is 6.01. The van der Waals surface area contributed by atoms with E-state index in [1.54, 1.807) is 11.3 Å². The number of hydrazine groups is 1. The molecule has 1 aromatic rings. The number of nitrogens with two attached hydrogens (primary N) is 1. The van der Waals surface area contributed by atoms with Crippen molar-refractivity contribution < 1.29 is 4.74 Å². The van der Waals surface area contributed by atoms with Gasteiger partial charge in [0, 0.05) is 29.1 Å². The predicted octanol–water partition coefficient (Wildman–Crippen LogP) is 1.85. The number of hydrogen-bond donors (Lipinski definition) is 3. The van der Waals surface area contributed by atoms with E-state index in [9.17, 15) is 0 Å². The van der Waals surface area contributed by atoms with Crippen molar-refractivity contribution in [2.75, 3.05) is 19.8 Å². The highest BCUT2D eigenvalue weighted by Crippen LogP contribution is 2.23. The van der Waals surface area contributed by atoms with Gasteiger partial charge < -0.3 is 10.1 Å². The molecule has 0 aliphatic carbocycles. The highest BCUT2D eigenvalue weighted by molar-refractivity contribution is 9.10. The Labute approximate surface area is 120 Å². The fraction of sp³-hybridized carbons (Fsp3) is 0.545. The van der Waals surface area contributed by atoms with Crippen molar-refractivity contribution in [3.8, 4) is 0 Å². The Morgan fingerprint density at radius 2 is 2.44 bits per heavy atom. The summed E-state index contributed by atoms with van der Waals surface area (Å²) in [6.45, 7) is 4.88. The van der Waals surface area contributed by atoms with Gasteiger partial charge in [0.25, 0.3) is 0 Å². The van der Waals surface area contributed by atoms with E-state index in [-0.39, 0.29) is 0 Å². The highest BCUT2D eigenvalue weighted by atomic mass is 79.9. The zero-order valence-corrected chi connectivity index (χ0v) is 12.8. The maximum Gasteiger partial charge on any atom is 0.206 e. The molecule has 0 saturated heterocycles. The van der Waals surface area contributed by atoms with Gasteiger partial charge in [-0.05, 0) is 40.7 Å². The average Bonchev–Trinajstić information content (AvgIpc) is 2.78. The smallest absolute Gasteiger partial charge is 0.206 e. The summed E-state index contributed by atoms with van der Waals surface area (Å²) >= 11 is 5.14. The number of nitrogens with zero attached hydrogens (tertiary/aromatic N) is 1. The zero-order chi connectivity index (χ0) is 13.2. The van der Waals surface area contributed by atoms with Crippen molar-refractivity contribution >= 4 is 33.2 Å². The molecule has 0 spiro atoms. The summed E-state index contributed by atoms with van der Waals surface area (Å²) in [7, 11) is 0. The van der Waals surface area contributed by atoms with Crippen LogP contribution in [0.15, 0.2) is 20.9 Å². The first kappa shape index (κ1) is 15.4. The SMILES string of the molecule is CCOCCCNC(=NCc1sccc1Br)NN. The van der Waals surface area contributed by atoms with Crippen LogP contribution in [0.3, 0.4) is 0 Å². The normalized spacial score (nSPS) is 11.6. The van der Waals surface area contributed by atoms with Crippen molar-refractivity contribution in [3.63, 3.8) is 0 Å². The molecular formula is C11H19BrN4OS. The van der Waals surface area contributed by atoms with Crippen LogP contribution in [0.2, 0.25) is 0 Å². The second-order valence-corrected chi connectivity index (χ2v) is 5.33. The van der Waals surface area contributed by atoms with Crippen molar-refractivity contribution in [3.05, 3.63) is 20.8 Å². The second-order valence-electron chi connectivity index (χ2n) is 3.48. The molecule has 0 atom stereocenters. The Balaban J connectivity index is 2.29. The summed E-state index contributed by atoms with van der Waals surface area (Å²) in [4.78, 5) is 5.55. The number of rotatable bonds is 7. The minimum absolute atomic E-state index is 0.604. The first-order chi connectivity index (χ1) is 8.77. The Morgan fingerprint density at radius 1 is 1.61 bits per heavy atom. The molecule has 0 fully saturated rings. The van der Waals surface area contributed by atoms with Gasteiger partial charge in [-0.3, -0.25) is 5.43 Å². The van der Waals surface area contributed by atoms with Crippen LogP contribution in [0, 0.1) is 0 Å². The van der Waals surface area contributed by atoms with Gasteiger partial charge in [-0.1, -0.05) is 0 Å². The van der Waals surface area contributed by atoms with E-state index in [1.165, 1.54) is 4.88 Å². The van der Waals surface area contributed by atoms with Gasteiger partial charge in [0.2, 0.25) is 5.96 Å². The van der Waals surface area contributed by atoms with Gasteiger partial charge in [0.1, 0.15) is 0 Å². The third-order valence-corrected chi connectivity index (χ3v) is 4.08. The lowest BCUT2D eigenvalue weighted by molar-refractivity contribution is 0.145. The van der Waals surface area contributed by atoms with E-state index in [0.29, 0.717) is 12.5 Å². The summed E-state index contributed by atoms with van der Waals surface area (Å²) in [6.07, 6.45) is 0.928. The molecule has 1 rings (SSSR count). The van der Waals surface area contributed by atoms with Gasteiger partial charge in [0.15, 0.2) is 0 Å². The molecule has 1 heterocycles. The molecule has 18 heavy (non-hydrogen) atoms. The summed E-state index contributed by atoms with van der Waals surface area (Å²) in [5.41, 5.74) is 2.56. The first-order valence-electron chi connectivity index (χ1n) is 5.82. The lowest BCUT2D eigenvalue weighted by Crippen LogP contribution is -2.42. The van der Waals surface area contributed by atoms with Gasteiger partial charge in [-0.15, -0.1) is 11.3 Å². The highest BCUT2D eigenvalue weighted by Gasteiger charge is 2.01. The van der Waals surface area contributed by atoms with Crippen molar-refractivity contribution in [1.29, 1.82) is 0 Å². The number of thiophene rings is 1.